The summed E-state index contributed by atoms with van der Waals surface area (Å²) in [6.45, 7) is 10.8. The molecule has 5 heteroatoms. The van der Waals surface area contributed by atoms with Gasteiger partial charge in [-0.1, -0.05) is 64.0 Å². The van der Waals surface area contributed by atoms with E-state index in [0.717, 1.165) is 24.8 Å². The summed E-state index contributed by atoms with van der Waals surface area (Å²) in [6, 6.07) is 7.75. The highest BCUT2D eigenvalue weighted by molar-refractivity contribution is 6.47. The zero-order valence-corrected chi connectivity index (χ0v) is 20.0. The van der Waals surface area contributed by atoms with Crippen LogP contribution in [0.5, 0.6) is 0 Å². The monoisotopic (exact) mass is 416 g/mol. The summed E-state index contributed by atoms with van der Waals surface area (Å²) in [5, 5.41) is 0. The third-order valence-electron chi connectivity index (χ3n) is 5.93. The van der Waals surface area contributed by atoms with Crippen molar-refractivity contribution >= 4 is 13.1 Å². The van der Waals surface area contributed by atoms with Crippen LogP contribution in [0.25, 0.3) is 0 Å². The van der Waals surface area contributed by atoms with E-state index in [1.165, 1.54) is 45.6 Å². The second-order valence-electron chi connectivity index (χ2n) is 9.93. The molecule has 1 atom stereocenters. The number of rotatable bonds is 11. The lowest BCUT2D eigenvalue weighted by Crippen LogP contribution is -2.53. The largest absolute Gasteiger partial charge is 0.465 e. The van der Waals surface area contributed by atoms with E-state index in [2.05, 4.69) is 34.6 Å². The van der Waals surface area contributed by atoms with Gasteiger partial charge in [0.15, 0.2) is 0 Å². The maximum atomic E-state index is 11.8. The fourth-order valence-corrected chi connectivity index (χ4v) is 4.69. The number of carbonyl (C=O) groups excluding carboxylic acids is 1. The second-order valence-corrected chi connectivity index (χ2v) is 9.93. The van der Waals surface area contributed by atoms with Gasteiger partial charge < -0.3 is 14.0 Å². The standard InChI is InChI=1S/C25H41BO4/c1-7-8-9-10-11-12-13-14-22(20-15-17-21(18-16-20)23(27)28-6)26-29-24(2,3)19-25(4,5)30-26/h15-18,22H,7-14,19H2,1-6H3. The summed E-state index contributed by atoms with van der Waals surface area (Å²) in [5.41, 5.74) is 1.28. The maximum absolute atomic E-state index is 11.8. The van der Waals surface area contributed by atoms with Crippen LogP contribution in [0.1, 0.15) is 114 Å². The van der Waals surface area contributed by atoms with Crippen molar-refractivity contribution in [2.24, 2.45) is 0 Å². The van der Waals surface area contributed by atoms with Crippen LogP contribution in [0.3, 0.4) is 0 Å². The molecule has 0 aliphatic carbocycles. The minimum absolute atomic E-state index is 0.145. The number of unbranched alkanes of at least 4 members (excludes halogenated alkanes) is 6. The molecule has 0 radical (unpaired) electrons. The van der Waals surface area contributed by atoms with Gasteiger partial charge >= 0.3 is 13.1 Å². The number of ether oxygens (including phenoxy) is 1. The maximum Gasteiger partial charge on any atom is 0.465 e. The molecule has 0 spiro atoms. The first-order valence-electron chi connectivity index (χ1n) is 11.7. The first-order valence-corrected chi connectivity index (χ1v) is 11.7. The molecule has 2 rings (SSSR count). The fraction of sp³-hybridized carbons (Fsp3) is 0.720. The summed E-state index contributed by atoms with van der Waals surface area (Å²) >= 11 is 0. The summed E-state index contributed by atoms with van der Waals surface area (Å²) < 4.78 is 17.7. The molecule has 4 nitrogen and oxygen atoms in total. The van der Waals surface area contributed by atoms with Gasteiger partial charge in [0.2, 0.25) is 0 Å². The van der Waals surface area contributed by atoms with Crippen LogP contribution in [0.2, 0.25) is 0 Å². The van der Waals surface area contributed by atoms with Crippen molar-refractivity contribution in [3.05, 3.63) is 35.4 Å². The van der Waals surface area contributed by atoms with Crippen molar-refractivity contribution in [2.75, 3.05) is 7.11 Å². The number of methoxy groups -OCH3 is 1. The lowest BCUT2D eigenvalue weighted by atomic mass is 9.62. The predicted molar refractivity (Wildman–Crippen MR) is 124 cm³/mol. The van der Waals surface area contributed by atoms with Crippen LogP contribution in [0.15, 0.2) is 24.3 Å². The smallest absolute Gasteiger partial charge is 0.465 e. The minimum Gasteiger partial charge on any atom is -0.465 e. The normalized spacial score (nSPS) is 18.8. The Kier molecular flexibility index (Phi) is 9.43. The highest BCUT2D eigenvalue weighted by Crippen LogP contribution is 2.39. The molecule has 0 bridgehead atoms. The van der Waals surface area contributed by atoms with Gasteiger partial charge in [-0.25, -0.2) is 4.79 Å². The second kappa shape index (κ2) is 11.3. The van der Waals surface area contributed by atoms with Crippen molar-refractivity contribution < 1.29 is 18.8 Å². The van der Waals surface area contributed by atoms with Crippen molar-refractivity contribution in [3.63, 3.8) is 0 Å². The van der Waals surface area contributed by atoms with Crippen LogP contribution < -0.4 is 0 Å². The lowest BCUT2D eigenvalue weighted by molar-refractivity contribution is -0.0801. The lowest BCUT2D eigenvalue weighted by Gasteiger charge is -2.46. The molecule has 0 N–H and O–H groups in total. The van der Waals surface area contributed by atoms with E-state index >= 15 is 0 Å². The Morgan fingerprint density at radius 1 is 0.967 bits per heavy atom. The third kappa shape index (κ3) is 7.74. The predicted octanol–water partition coefficient (Wildman–Crippen LogP) is 6.72. The Morgan fingerprint density at radius 2 is 1.50 bits per heavy atom. The number of hydrogen-bond donors (Lipinski definition) is 0. The number of hydrogen-bond acceptors (Lipinski definition) is 4. The molecule has 1 saturated heterocycles. The number of benzene rings is 1. The Hall–Kier alpha value is -1.33. The van der Waals surface area contributed by atoms with Gasteiger partial charge in [0, 0.05) is 12.2 Å². The van der Waals surface area contributed by atoms with E-state index in [1.807, 2.05) is 24.3 Å². The zero-order valence-electron chi connectivity index (χ0n) is 20.0. The van der Waals surface area contributed by atoms with E-state index in [-0.39, 0.29) is 30.1 Å². The molecule has 1 aromatic rings. The van der Waals surface area contributed by atoms with E-state index in [9.17, 15) is 4.79 Å². The van der Waals surface area contributed by atoms with Crippen LogP contribution in [-0.4, -0.2) is 31.4 Å². The molecule has 0 amide bonds. The third-order valence-corrected chi connectivity index (χ3v) is 5.93. The van der Waals surface area contributed by atoms with E-state index in [4.69, 9.17) is 14.0 Å². The van der Waals surface area contributed by atoms with Crippen molar-refractivity contribution in [2.45, 2.75) is 109 Å². The molecule has 1 aliphatic rings. The van der Waals surface area contributed by atoms with Gasteiger partial charge in [0.05, 0.1) is 23.9 Å². The first kappa shape index (κ1) is 24.9. The zero-order chi connectivity index (χ0) is 22.2. The molecule has 1 fully saturated rings. The van der Waals surface area contributed by atoms with Crippen molar-refractivity contribution in [1.82, 2.24) is 0 Å². The molecule has 0 saturated carbocycles. The fourth-order valence-electron chi connectivity index (χ4n) is 4.69. The highest BCUT2D eigenvalue weighted by atomic mass is 16.6. The summed E-state index contributed by atoms with van der Waals surface area (Å²) in [5.74, 6) is -0.163. The van der Waals surface area contributed by atoms with Gasteiger partial charge in [-0.05, 0) is 51.8 Å². The molecule has 1 aromatic carbocycles. The molecular weight excluding hydrogens is 375 g/mol. The average Bonchev–Trinajstić information content (AvgIpc) is 2.67. The van der Waals surface area contributed by atoms with E-state index in [0.29, 0.717) is 5.56 Å². The minimum atomic E-state index is -0.308. The van der Waals surface area contributed by atoms with Gasteiger partial charge in [0.1, 0.15) is 0 Å². The van der Waals surface area contributed by atoms with Gasteiger partial charge in [0.25, 0.3) is 0 Å². The van der Waals surface area contributed by atoms with Gasteiger partial charge in [-0.3, -0.25) is 0 Å². The molecule has 1 unspecified atom stereocenters. The molecular formula is C25H41BO4. The highest BCUT2D eigenvalue weighted by Gasteiger charge is 2.46. The molecule has 168 valence electrons. The van der Waals surface area contributed by atoms with E-state index < -0.39 is 0 Å². The van der Waals surface area contributed by atoms with Crippen LogP contribution in [-0.2, 0) is 14.0 Å². The molecule has 1 aliphatic heterocycles. The number of carbonyl (C=O) groups is 1. The van der Waals surface area contributed by atoms with Crippen molar-refractivity contribution in [3.8, 4) is 0 Å². The molecule has 0 aromatic heterocycles. The van der Waals surface area contributed by atoms with Crippen LogP contribution >= 0.6 is 0 Å². The average molecular weight is 416 g/mol. The Bertz CT molecular complexity index is 638. The van der Waals surface area contributed by atoms with Crippen molar-refractivity contribution in [1.29, 1.82) is 0 Å². The summed E-state index contributed by atoms with van der Waals surface area (Å²) in [7, 11) is 1.13. The Labute approximate surface area is 184 Å². The Balaban J connectivity index is 2.11. The van der Waals surface area contributed by atoms with E-state index in [1.54, 1.807) is 0 Å². The summed E-state index contributed by atoms with van der Waals surface area (Å²) in [6.07, 6.45) is 10.8. The summed E-state index contributed by atoms with van der Waals surface area (Å²) in [4.78, 5) is 11.8. The van der Waals surface area contributed by atoms with Crippen LogP contribution in [0.4, 0.5) is 0 Å². The SMILES string of the molecule is CCCCCCCCCC(B1OC(C)(C)CC(C)(C)O1)c1ccc(C(=O)OC)cc1. The van der Waals surface area contributed by atoms with Gasteiger partial charge in [-0.2, -0.15) is 0 Å². The van der Waals surface area contributed by atoms with Gasteiger partial charge in [-0.15, -0.1) is 0 Å². The Morgan fingerprint density at radius 3 is 2.03 bits per heavy atom. The number of esters is 1. The van der Waals surface area contributed by atoms with Crippen LogP contribution in [0, 0.1) is 0 Å². The molecule has 30 heavy (non-hydrogen) atoms. The molecule has 1 heterocycles. The topological polar surface area (TPSA) is 44.8 Å². The first-order chi connectivity index (χ1) is 14.2. The quantitative estimate of drug-likeness (QED) is 0.228.